The van der Waals surface area contributed by atoms with Crippen molar-refractivity contribution in [3.05, 3.63) is 24.2 Å². The third-order valence-corrected chi connectivity index (χ3v) is 3.36. The molecule has 0 bridgehead atoms. The molecule has 0 aliphatic heterocycles. The molecule has 1 unspecified atom stereocenters. The van der Waals surface area contributed by atoms with Crippen LogP contribution in [0.1, 0.15) is 52.2 Å². The Morgan fingerprint density at radius 3 is 2.35 bits per heavy atom. The van der Waals surface area contributed by atoms with E-state index in [1.165, 1.54) is 25.7 Å². The van der Waals surface area contributed by atoms with Crippen LogP contribution in [0.4, 0.5) is 0 Å². The minimum Gasteiger partial charge on any atom is -0.469 e. The third-order valence-electron chi connectivity index (χ3n) is 3.36. The molecule has 0 amide bonds. The van der Waals surface area contributed by atoms with Crippen molar-refractivity contribution in [2.45, 2.75) is 58.9 Å². The average Bonchev–Trinajstić information content (AvgIpc) is 2.81. The zero-order chi connectivity index (χ0) is 12.5. The van der Waals surface area contributed by atoms with Gasteiger partial charge in [0.2, 0.25) is 0 Å². The van der Waals surface area contributed by atoms with E-state index in [2.05, 4.69) is 32.2 Å². The van der Waals surface area contributed by atoms with Crippen LogP contribution in [0.25, 0.3) is 0 Å². The van der Waals surface area contributed by atoms with E-state index in [0.717, 1.165) is 24.6 Å². The van der Waals surface area contributed by atoms with Gasteiger partial charge in [0, 0.05) is 12.5 Å². The Bertz CT molecular complexity index is 262. The number of hydrogen-bond donors (Lipinski definition) is 1. The predicted molar refractivity (Wildman–Crippen MR) is 73.2 cm³/mol. The van der Waals surface area contributed by atoms with Crippen LogP contribution in [0.5, 0.6) is 0 Å². The smallest absolute Gasteiger partial charge is 0.105 e. The van der Waals surface area contributed by atoms with Gasteiger partial charge in [0.25, 0.3) is 0 Å². The normalized spacial score (nSPS) is 13.2. The second-order valence-electron chi connectivity index (χ2n) is 4.79. The van der Waals surface area contributed by atoms with Gasteiger partial charge in [-0.05, 0) is 37.4 Å². The van der Waals surface area contributed by atoms with Crippen LogP contribution in [0, 0.1) is 5.92 Å². The fourth-order valence-electron chi connectivity index (χ4n) is 2.60. The molecular formula is C15H27NO. The minimum absolute atomic E-state index is 0.561. The second kappa shape index (κ2) is 8.35. The third kappa shape index (κ3) is 4.95. The second-order valence-corrected chi connectivity index (χ2v) is 4.79. The summed E-state index contributed by atoms with van der Waals surface area (Å²) in [6.07, 6.45) is 7.95. The number of furan rings is 1. The lowest BCUT2D eigenvalue weighted by Gasteiger charge is -2.27. The molecule has 17 heavy (non-hydrogen) atoms. The van der Waals surface area contributed by atoms with Crippen LogP contribution in [0.2, 0.25) is 0 Å². The molecule has 0 saturated carbocycles. The van der Waals surface area contributed by atoms with E-state index in [-0.39, 0.29) is 0 Å². The SMILES string of the molecule is CCCC(CCC)C(Cc1ccco1)NCC. The van der Waals surface area contributed by atoms with E-state index < -0.39 is 0 Å². The summed E-state index contributed by atoms with van der Waals surface area (Å²) in [5.41, 5.74) is 0. The molecule has 1 atom stereocenters. The summed E-state index contributed by atoms with van der Waals surface area (Å²) >= 11 is 0. The maximum absolute atomic E-state index is 5.48. The molecule has 2 heteroatoms. The molecule has 0 aliphatic carbocycles. The molecular weight excluding hydrogens is 210 g/mol. The van der Waals surface area contributed by atoms with Crippen molar-refractivity contribution in [2.75, 3.05) is 6.54 Å². The number of likely N-dealkylation sites (N-methyl/N-ethyl adjacent to an activating group) is 1. The summed E-state index contributed by atoms with van der Waals surface area (Å²) in [5.74, 6) is 1.88. The van der Waals surface area contributed by atoms with Crippen molar-refractivity contribution >= 4 is 0 Å². The minimum atomic E-state index is 0.561. The lowest BCUT2D eigenvalue weighted by molar-refractivity contribution is 0.299. The number of nitrogens with one attached hydrogen (secondary N) is 1. The first-order chi connectivity index (χ1) is 8.31. The van der Waals surface area contributed by atoms with Crippen molar-refractivity contribution in [2.24, 2.45) is 5.92 Å². The number of rotatable bonds is 9. The Hall–Kier alpha value is -0.760. The van der Waals surface area contributed by atoms with E-state index >= 15 is 0 Å². The zero-order valence-corrected chi connectivity index (χ0v) is 11.5. The van der Waals surface area contributed by atoms with Crippen molar-refractivity contribution < 1.29 is 4.42 Å². The van der Waals surface area contributed by atoms with Crippen LogP contribution >= 0.6 is 0 Å². The van der Waals surface area contributed by atoms with Gasteiger partial charge in [-0.2, -0.15) is 0 Å². The van der Waals surface area contributed by atoms with E-state index in [1.807, 2.05) is 6.07 Å². The van der Waals surface area contributed by atoms with E-state index in [1.54, 1.807) is 6.26 Å². The first-order valence-corrected chi connectivity index (χ1v) is 7.07. The Morgan fingerprint density at radius 1 is 1.18 bits per heavy atom. The fraction of sp³-hybridized carbons (Fsp3) is 0.733. The molecule has 0 radical (unpaired) electrons. The van der Waals surface area contributed by atoms with Gasteiger partial charge >= 0.3 is 0 Å². The van der Waals surface area contributed by atoms with Crippen molar-refractivity contribution in [1.82, 2.24) is 5.32 Å². The summed E-state index contributed by atoms with van der Waals surface area (Å²) in [5, 5.41) is 3.63. The van der Waals surface area contributed by atoms with Gasteiger partial charge in [-0.15, -0.1) is 0 Å². The Morgan fingerprint density at radius 2 is 1.88 bits per heavy atom. The molecule has 0 spiro atoms. The van der Waals surface area contributed by atoms with Crippen LogP contribution in [0.3, 0.4) is 0 Å². The molecule has 1 N–H and O–H groups in total. The zero-order valence-electron chi connectivity index (χ0n) is 11.5. The Labute approximate surface area is 106 Å². The quantitative estimate of drug-likeness (QED) is 0.702. The van der Waals surface area contributed by atoms with E-state index in [0.29, 0.717) is 6.04 Å². The average molecular weight is 237 g/mol. The molecule has 0 saturated heterocycles. The van der Waals surface area contributed by atoms with E-state index in [9.17, 15) is 0 Å². The molecule has 1 aromatic rings. The topological polar surface area (TPSA) is 25.2 Å². The summed E-state index contributed by atoms with van der Waals surface area (Å²) in [6.45, 7) is 7.77. The van der Waals surface area contributed by atoms with Gasteiger partial charge in [0.05, 0.1) is 6.26 Å². The lowest BCUT2D eigenvalue weighted by atomic mass is 9.88. The molecule has 1 rings (SSSR count). The standard InChI is InChI=1S/C15H27NO/c1-4-8-13(9-5-2)15(16-6-3)12-14-10-7-11-17-14/h7,10-11,13,15-16H,4-6,8-9,12H2,1-3H3. The largest absolute Gasteiger partial charge is 0.469 e. The predicted octanol–water partition coefficient (Wildman–Crippen LogP) is 4.02. The van der Waals surface area contributed by atoms with Gasteiger partial charge in [0.1, 0.15) is 5.76 Å². The highest BCUT2D eigenvalue weighted by molar-refractivity contribution is 5.01. The van der Waals surface area contributed by atoms with Crippen molar-refractivity contribution in [3.8, 4) is 0 Å². The van der Waals surface area contributed by atoms with Crippen LogP contribution in [-0.2, 0) is 6.42 Å². The Balaban J connectivity index is 2.60. The lowest BCUT2D eigenvalue weighted by Crippen LogP contribution is -2.38. The molecule has 0 aromatic carbocycles. The first-order valence-electron chi connectivity index (χ1n) is 7.07. The number of hydrogen-bond acceptors (Lipinski definition) is 2. The van der Waals surface area contributed by atoms with Gasteiger partial charge in [-0.3, -0.25) is 0 Å². The Kier molecular flexibility index (Phi) is 7.02. The molecule has 98 valence electrons. The first kappa shape index (κ1) is 14.3. The van der Waals surface area contributed by atoms with Crippen LogP contribution in [-0.4, -0.2) is 12.6 Å². The van der Waals surface area contributed by atoms with Crippen LogP contribution in [0.15, 0.2) is 22.8 Å². The fourth-order valence-corrected chi connectivity index (χ4v) is 2.60. The van der Waals surface area contributed by atoms with Crippen molar-refractivity contribution in [3.63, 3.8) is 0 Å². The summed E-state index contributed by atoms with van der Waals surface area (Å²) in [6, 6.07) is 4.62. The summed E-state index contributed by atoms with van der Waals surface area (Å²) in [4.78, 5) is 0. The van der Waals surface area contributed by atoms with Gasteiger partial charge in [0.15, 0.2) is 0 Å². The molecule has 0 fully saturated rings. The van der Waals surface area contributed by atoms with Gasteiger partial charge in [-0.1, -0.05) is 33.6 Å². The van der Waals surface area contributed by atoms with E-state index in [4.69, 9.17) is 4.42 Å². The summed E-state index contributed by atoms with van der Waals surface area (Å²) in [7, 11) is 0. The molecule has 1 aromatic heterocycles. The van der Waals surface area contributed by atoms with Gasteiger partial charge < -0.3 is 9.73 Å². The molecule has 1 heterocycles. The molecule has 0 aliphatic rings. The maximum Gasteiger partial charge on any atom is 0.105 e. The highest BCUT2D eigenvalue weighted by atomic mass is 16.3. The monoisotopic (exact) mass is 237 g/mol. The van der Waals surface area contributed by atoms with Crippen LogP contribution < -0.4 is 5.32 Å². The maximum atomic E-state index is 5.48. The highest BCUT2D eigenvalue weighted by Crippen LogP contribution is 2.21. The highest BCUT2D eigenvalue weighted by Gasteiger charge is 2.20. The van der Waals surface area contributed by atoms with Crippen molar-refractivity contribution in [1.29, 1.82) is 0 Å². The summed E-state index contributed by atoms with van der Waals surface area (Å²) < 4.78 is 5.48. The molecule has 2 nitrogen and oxygen atoms in total. The van der Waals surface area contributed by atoms with Gasteiger partial charge in [-0.25, -0.2) is 0 Å².